The number of carbonyl (C=O) groups is 1. The predicted molar refractivity (Wildman–Crippen MR) is 135 cm³/mol. The van der Waals surface area contributed by atoms with Gasteiger partial charge in [-0.05, 0) is 70.4 Å². The van der Waals surface area contributed by atoms with Crippen molar-refractivity contribution in [1.82, 2.24) is 15.8 Å². The third-order valence-electron chi connectivity index (χ3n) is 5.51. The van der Waals surface area contributed by atoms with Crippen LogP contribution in [0, 0.1) is 6.92 Å². The van der Waals surface area contributed by atoms with Crippen LogP contribution in [0.15, 0.2) is 69.6 Å². The van der Waals surface area contributed by atoms with Crippen LogP contribution in [0.25, 0.3) is 11.0 Å². The highest BCUT2D eigenvalue weighted by Crippen LogP contribution is 2.27. The minimum Gasteiger partial charge on any atom is -0.497 e. The number of halogens is 1. The summed E-state index contributed by atoms with van der Waals surface area (Å²) in [5.41, 5.74) is 5.62. The highest BCUT2D eigenvalue weighted by Gasteiger charge is 2.19. The van der Waals surface area contributed by atoms with E-state index in [0.717, 1.165) is 27.8 Å². The highest BCUT2D eigenvalue weighted by atomic mass is 79.9. The molecule has 2 N–H and O–H groups in total. The lowest BCUT2D eigenvalue weighted by atomic mass is 10.1. The Labute approximate surface area is 211 Å². The molecule has 8 nitrogen and oxygen atoms in total. The van der Waals surface area contributed by atoms with Crippen molar-refractivity contribution in [2.45, 2.75) is 19.5 Å². The summed E-state index contributed by atoms with van der Waals surface area (Å²) in [5.74, 6) is 1.34. The number of nitrogens with zero attached hydrogens (tertiary/aromatic N) is 1. The van der Waals surface area contributed by atoms with Gasteiger partial charge in [-0.15, -0.1) is 0 Å². The molecule has 2 heterocycles. The molecule has 0 radical (unpaired) electrons. The number of hydroxylamine groups is 1. The number of rotatable bonds is 10. The summed E-state index contributed by atoms with van der Waals surface area (Å²) in [6.07, 6.45) is 0. The zero-order valence-corrected chi connectivity index (χ0v) is 21.2. The minimum atomic E-state index is -0.481. The molecular weight excluding hydrogens is 514 g/mol. The Morgan fingerprint density at radius 2 is 1.89 bits per heavy atom. The van der Waals surface area contributed by atoms with Gasteiger partial charge in [0.15, 0.2) is 0 Å². The SMILES string of the molecule is COc1ccc(CNC(CONC(=O)c2ccc(Br)c(OC)n2)c2cc3c(C)cccc3o2)cc1. The van der Waals surface area contributed by atoms with Crippen molar-refractivity contribution < 1.29 is 23.5 Å². The van der Waals surface area contributed by atoms with E-state index in [9.17, 15) is 4.79 Å². The molecule has 0 aliphatic heterocycles. The summed E-state index contributed by atoms with van der Waals surface area (Å²) < 4.78 is 17.2. The van der Waals surface area contributed by atoms with E-state index in [0.29, 0.717) is 22.7 Å². The molecule has 9 heteroatoms. The van der Waals surface area contributed by atoms with Crippen molar-refractivity contribution in [2.75, 3.05) is 20.8 Å². The fourth-order valence-corrected chi connectivity index (χ4v) is 3.94. The number of nitrogens with one attached hydrogen (secondary N) is 2. The van der Waals surface area contributed by atoms with E-state index in [1.54, 1.807) is 19.2 Å². The van der Waals surface area contributed by atoms with Gasteiger partial charge in [-0.3, -0.25) is 9.63 Å². The molecule has 35 heavy (non-hydrogen) atoms. The van der Waals surface area contributed by atoms with E-state index in [2.05, 4.69) is 31.7 Å². The van der Waals surface area contributed by atoms with E-state index in [-0.39, 0.29) is 18.3 Å². The molecule has 4 aromatic rings. The Morgan fingerprint density at radius 3 is 2.60 bits per heavy atom. The Hall–Kier alpha value is -3.40. The normalized spacial score (nSPS) is 11.9. The maximum Gasteiger partial charge on any atom is 0.293 e. The summed E-state index contributed by atoms with van der Waals surface area (Å²) in [6.45, 7) is 2.74. The third-order valence-corrected chi connectivity index (χ3v) is 6.11. The lowest BCUT2D eigenvalue weighted by Gasteiger charge is -2.17. The predicted octanol–water partition coefficient (Wildman–Crippen LogP) is 5.11. The number of aryl methyl sites for hydroxylation is 1. The fourth-order valence-electron chi connectivity index (χ4n) is 3.56. The quantitative estimate of drug-likeness (QED) is 0.270. The molecule has 0 aliphatic carbocycles. The molecule has 0 fully saturated rings. The van der Waals surface area contributed by atoms with Gasteiger partial charge in [0, 0.05) is 11.9 Å². The fraction of sp³-hybridized carbons (Fsp3) is 0.231. The summed E-state index contributed by atoms with van der Waals surface area (Å²) in [4.78, 5) is 22.3. The molecule has 0 saturated carbocycles. The number of hydrogen-bond acceptors (Lipinski definition) is 7. The maximum absolute atomic E-state index is 12.5. The second-order valence-corrected chi connectivity index (χ2v) is 8.70. The van der Waals surface area contributed by atoms with Gasteiger partial charge in [0.25, 0.3) is 5.91 Å². The number of methoxy groups -OCH3 is 2. The van der Waals surface area contributed by atoms with Crippen LogP contribution >= 0.6 is 15.9 Å². The number of benzene rings is 2. The van der Waals surface area contributed by atoms with Crippen LogP contribution in [0.5, 0.6) is 11.6 Å². The van der Waals surface area contributed by atoms with Crippen LogP contribution in [0.1, 0.15) is 33.4 Å². The van der Waals surface area contributed by atoms with Crippen LogP contribution in [0.3, 0.4) is 0 Å². The number of fused-ring (bicyclic) bond motifs is 1. The average molecular weight is 540 g/mol. The van der Waals surface area contributed by atoms with Crippen LogP contribution in [-0.4, -0.2) is 31.7 Å². The summed E-state index contributed by atoms with van der Waals surface area (Å²) in [5, 5.41) is 4.49. The first-order chi connectivity index (χ1) is 17.0. The van der Waals surface area contributed by atoms with E-state index in [1.807, 2.05) is 55.5 Å². The van der Waals surface area contributed by atoms with Crippen molar-refractivity contribution in [3.63, 3.8) is 0 Å². The van der Waals surface area contributed by atoms with Gasteiger partial charge < -0.3 is 19.2 Å². The van der Waals surface area contributed by atoms with Crippen molar-refractivity contribution >= 4 is 32.8 Å². The van der Waals surface area contributed by atoms with Crippen molar-refractivity contribution in [1.29, 1.82) is 0 Å². The Balaban J connectivity index is 1.47. The molecular formula is C26H26BrN3O5. The van der Waals surface area contributed by atoms with Crippen LogP contribution < -0.4 is 20.3 Å². The van der Waals surface area contributed by atoms with Crippen molar-refractivity contribution in [2.24, 2.45) is 0 Å². The summed E-state index contributed by atoms with van der Waals surface area (Å²) in [6, 6.07) is 18.7. The van der Waals surface area contributed by atoms with E-state index in [1.165, 1.54) is 7.11 Å². The summed E-state index contributed by atoms with van der Waals surface area (Å²) in [7, 11) is 3.12. The van der Waals surface area contributed by atoms with Crippen molar-refractivity contribution in [3.05, 3.63) is 87.7 Å². The summed E-state index contributed by atoms with van der Waals surface area (Å²) >= 11 is 3.33. The molecule has 4 rings (SSSR count). The molecule has 0 spiro atoms. The van der Waals surface area contributed by atoms with Gasteiger partial charge in [-0.2, -0.15) is 0 Å². The monoisotopic (exact) mass is 539 g/mol. The van der Waals surface area contributed by atoms with Gasteiger partial charge in [-0.25, -0.2) is 10.5 Å². The van der Waals surface area contributed by atoms with E-state index >= 15 is 0 Å². The van der Waals surface area contributed by atoms with Gasteiger partial charge in [0.2, 0.25) is 5.88 Å². The molecule has 0 bridgehead atoms. The third kappa shape index (κ3) is 6.00. The van der Waals surface area contributed by atoms with E-state index in [4.69, 9.17) is 18.7 Å². The van der Waals surface area contributed by atoms with Gasteiger partial charge >= 0.3 is 0 Å². The molecule has 0 aliphatic rings. The molecule has 182 valence electrons. The zero-order chi connectivity index (χ0) is 24.8. The van der Waals surface area contributed by atoms with Crippen molar-refractivity contribution in [3.8, 4) is 11.6 Å². The number of furan rings is 1. The second-order valence-electron chi connectivity index (χ2n) is 7.85. The first-order valence-electron chi connectivity index (χ1n) is 11.0. The van der Waals surface area contributed by atoms with Gasteiger partial charge in [-0.1, -0.05) is 24.3 Å². The number of aromatic nitrogens is 1. The molecule has 2 aromatic heterocycles. The van der Waals surface area contributed by atoms with Crippen LogP contribution in [0.2, 0.25) is 0 Å². The lowest BCUT2D eigenvalue weighted by Crippen LogP contribution is -2.31. The van der Waals surface area contributed by atoms with Crippen LogP contribution in [-0.2, 0) is 11.4 Å². The highest BCUT2D eigenvalue weighted by molar-refractivity contribution is 9.10. The van der Waals surface area contributed by atoms with Crippen LogP contribution in [0.4, 0.5) is 0 Å². The largest absolute Gasteiger partial charge is 0.497 e. The molecule has 1 amide bonds. The second kappa shape index (κ2) is 11.4. The Morgan fingerprint density at radius 1 is 1.09 bits per heavy atom. The zero-order valence-electron chi connectivity index (χ0n) is 19.6. The number of amides is 1. The first-order valence-corrected chi connectivity index (χ1v) is 11.8. The molecule has 1 unspecified atom stereocenters. The number of hydrogen-bond donors (Lipinski definition) is 2. The van der Waals surface area contributed by atoms with E-state index < -0.39 is 5.91 Å². The average Bonchev–Trinajstić information content (AvgIpc) is 3.32. The maximum atomic E-state index is 12.5. The van der Waals surface area contributed by atoms with Gasteiger partial charge in [0.1, 0.15) is 22.8 Å². The Bertz CT molecular complexity index is 1310. The minimum absolute atomic E-state index is 0.133. The smallest absolute Gasteiger partial charge is 0.293 e. The molecule has 0 saturated heterocycles. The van der Waals surface area contributed by atoms with Gasteiger partial charge in [0.05, 0.1) is 31.3 Å². The molecule has 2 aromatic carbocycles. The Kier molecular flexibility index (Phi) is 8.02. The molecule has 1 atom stereocenters. The first kappa shape index (κ1) is 24.7. The number of ether oxygens (including phenoxy) is 2. The topological polar surface area (TPSA) is 94.8 Å². The number of pyridine rings is 1. The number of carbonyl (C=O) groups excluding carboxylic acids is 1. The standard InChI is InChI=1S/C26H26BrN3O5/c1-16-5-4-6-23-19(16)13-24(35-23)22(28-14-17-7-9-18(32-2)10-8-17)15-34-30-25(31)21-12-11-20(27)26(29-21)33-3/h4-13,22,28H,14-15H2,1-3H3,(H,30,31). The lowest BCUT2D eigenvalue weighted by molar-refractivity contribution is 0.0193.